The molecule has 162 valence electrons. The summed E-state index contributed by atoms with van der Waals surface area (Å²) in [5, 5.41) is 11.8. The van der Waals surface area contributed by atoms with Crippen molar-refractivity contribution in [2.75, 3.05) is 11.9 Å². The van der Waals surface area contributed by atoms with E-state index in [-0.39, 0.29) is 5.88 Å². The second-order valence-corrected chi connectivity index (χ2v) is 7.71. The summed E-state index contributed by atoms with van der Waals surface area (Å²) in [6.07, 6.45) is 2.64. The molecule has 0 fully saturated rings. The molecule has 0 aliphatic carbocycles. The Bertz CT molecular complexity index is 1150. The lowest BCUT2D eigenvalue weighted by Crippen LogP contribution is -2.19. The standard InChI is InChI=1S/C20H17Cl3N4O4/c1-11-7-18(31-26-11)24-17(28)10-30-19(29)6-5-15-12(2)25-27(20(15)23)9-13-3-4-14(21)8-16(13)22/h3-8H,9-10H2,1-2H3,(H,24,28)/b6-5+. The number of esters is 1. The maximum atomic E-state index is 11.9. The van der Waals surface area contributed by atoms with Crippen LogP contribution in [-0.2, 0) is 20.9 Å². The second kappa shape index (κ2) is 10.00. The highest BCUT2D eigenvalue weighted by Crippen LogP contribution is 2.26. The summed E-state index contributed by atoms with van der Waals surface area (Å²) in [6, 6.07) is 6.69. The third kappa shape index (κ3) is 6.10. The first-order valence-electron chi connectivity index (χ1n) is 8.97. The van der Waals surface area contributed by atoms with E-state index >= 15 is 0 Å². The predicted molar refractivity (Wildman–Crippen MR) is 117 cm³/mol. The average molecular weight is 484 g/mol. The van der Waals surface area contributed by atoms with Crippen molar-refractivity contribution in [1.82, 2.24) is 14.9 Å². The zero-order chi connectivity index (χ0) is 22.5. The van der Waals surface area contributed by atoms with Gasteiger partial charge in [0.2, 0.25) is 5.88 Å². The van der Waals surface area contributed by atoms with Crippen LogP contribution < -0.4 is 5.32 Å². The van der Waals surface area contributed by atoms with E-state index in [2.05, 4.69) is 15.6 Å². The third-order valence-corrected chi connectivity index (χ3v) is 5.05. The Kier molecular flexibility index (Phi) is 7.37. The molecule has 11 heteroatoms. The zero-order valence-corrected chi connectivity index (χ0v) is 18.8. The van der Waals surface area contributed by atoms with Crippen LogP contribution in [0.4, 0.5) is 5.88 Å². The van der Waals surface area contributed by atoms with Crippen molar-refractivity contribution in [3.63, 3.8) is 0 Å². The molecule has 0 saturated heterocycles. The molecule has 1 amide bonds. The second-order valence-electron chi connectivity index (χ2n) is 6.51. The molecular weight excluding hydrogens is 467 g/mol. The molecule has 8 nitrogen and oxygen atoms in total. The average Bonchev–Trinajstić information content (AvgIpc) is 3.23. The van der Waals surface area contributed by atoms with Gasteiger partial charge >= 0.3 is 5.97 Å². The lowest BCUT2D eigenvalue weighted by atomic mass is 10.2. The lowest BCUT2D eigenvalue weighted by Gasteiger charge is -2.06. The summed E-state index contributed by atoms with van der Waals surface area (Å²) < 4.78 is 11.3. The van der Waals surface area contributed by atoms with E-state index in [0.29, 0.717) is 38.7 Å². The van der Waals surface area contributed by atoms with E-state index in [9.17, 15) is 9.59 Å². The Morgan fingerprint density at radius 2 is 2.00 bits per heavy atom. The van der Waals surface area contributed by atoms with Crippen molar-refractivity contribution < 1.29 is 18.8 Å². The van der Waals surface area contributed by atoms with Gasteiger partial charge in [0.25, 0.3) is 5.91 Å². The van der Waals surface area contributed by atoms with Crippen molar-refractivity contribution >= 4 is 58.6 Å². The summed E-state index contributed by atoms with van der Waals surface area (Å²) >= 11 is 18.5. The number of hydrogen-bond donors (Lipinski definition) is 1. The van der Waals surface area contributed by atoms with Gasteiger partial charge in [-0.25, -0.2) is 9.48 Å². The zero-order valence-electron chi connectivity index (χ0n) is 16.5. The van der Waals surface area contributed by atoms with Crippen LogP contribution in [0.15, 0.2) is 34.9 Å². The molecule has 0 atom stereocenters. The summed E-state index contributed by atoms with van der Waals surface area (Å²) in [5.41, 5.74) is 2.56. The van der Waals surface area contributed by atoms with Crippen LogP contribution in [-0.4, -0.2) is 33.4 Å². The molecule has 2 aromatic heterocycles. The SMILES string of the molecule is Cc1cc(NC(=O)COC(=O)/C=C/c2c(C)nn(Cc3ccc(Cl)cc3Cl)c2Cl)on1. The monoisotopic (exact) mass is 482 g/mol. The highest BCUT2D eigenvalue weighted by atomic mass is 35.5. The highest BCUT2D eigenvalue weighted by molar-refractivity contribution is 6.35. The number of amides is 1. The minimum atomic E-state index is -0.715. The minimum absolute atomic E-state index is 0.171. The van der Waals surface area contributed by atoms with Crippen LogP contribution in [0.5, 0.6) is 0 Å². The van der Waals surface area contributed by atoms with Crippen LogP contribution >= 0.6 is 34.8 Å². The molecule has 0 radical (unpaired) electrons. The number of nitrogens with zero attached hydrogens (tertiary/aromatic N) is 3. The first-order chi connectivity index (χ1) is 14.7. The quantitative estimate of drug-likeness (QED) is 0.386. The van der Waals surface area contributed by atoms with Gasteiger partial charge in [-0.2, -0.15) is 5.10 Å². The molecule has 0 saturated carbocycles. The van der Waals surface area contributed by atoms with Gasteiger partial charge in [-0.05, 0) is 37.6 Å². The van der Waals surface area contributed by atoms with Gasteiger partial charge in [-0.3, -0.25) is 10.1 Å². The molecule has 0 unspecified atom stereocenters. The number of halogens is 3. The number of benzene rings is 1. The van der Waals surface area contributed by atoms with E-state index in [1.165, 1.54) is 12.2 Å². The van der Waals surface area contributed by atoms with E-state index in [0.717, 1.165) is 5.56 Å². The Balaban J connectivity index is 1.59. The summed E-state index contributed by atoms with van der Waals surface area (Å²) in [5.74, 6) is -1.10. The van der Waals surface area contributed by atoms with Crippen LogP contribution in [0.25, 0.3) is 6.08 Å². The number of carbonyl (C=O) groups is 2. The molecule has 2 heterocycles. The number of nitrogens with one attached hydrogen (secondary N) is 1. The van der Waals surface area contributed by atoms with Crippen molar-refractivity contribution in [3.05, 3.63) is 68.1 Å². The van der Waals surface area contributed by atoms with Gasteiger partial charge < -0.3 is 9.26 Å². The van der Waals surface area contributed by atoms with Crippen LogP contribution in [0.3, 0.4) is 0 Å². The van der Waals surface area contributed by atoms with Crippen LogP contribution in [0.1, 0.15) is 22.5 Å². The van der Waals surface area contributed by atoms with Crippen molar-refractivity contribution in [2.45, 2.75) is 20.4 Å². The first-order valence-corrected chi connectivity index (χ1v) is 10.1. The fourth-order valence-corrected chi connectivity index (χ4v) is 3.37. The van der Waals surface area contributed by atoms with E-state index < -0.39 is 18.5 Å². The summed E-state index contributed by atoms with van der Waals surface area (Å²) in [4.78, 5) is 23.7. The predicted octanol–water partition coefficient (Wildman–Crippen LogP) is 4.69. The Morgan fingerprint density at radius 1 is 1.23 bits per heavy atom. The molecule has 0 aliphatic heterocycles. The van der Waals surface area contributed by atoms with E-state index in [1.54, 1.807) is 42.8 Å². The number of carbonyl (C=O) groups excluding carboxylic acids is 2. The highest BCUT2D eigenvalue weighted by Gasteiger charge is 2.14. The molecule has 1 aromatic carbocycles. The van der Waals surface area contributed by atoms with Crippen molar-refractivity contribution in [1.29, 1.82) is 0 Å². The number of rotatable bonds is 7. The third-order valence-electron chi connectivity index (χ3n) is 4.07. The summed E-state index contributed by atoms with van der Waals surface area (Å²) in [6.45, 7) is 3.31. The Hall–Kier alpha value is -2.81. The van der Waals surface area contributed by atoms with Crippen LogP contribution in [0, 0.1) is 13.8 Å². The Morgan fingerprint density at radius 3 is 2.68 bits per heavy atom. The summed E-state index contributed by atoms with van der Waals surface area (Å²) in [7, 11) is 0. The number of ether oxygens (including phenoxy) is 1. The van der Waals surface area contributed by atoms with Gasteiger partial charge in [-0.1, -0.05) is 46.0 Å². The van der Waals surface area contributed by atoms with Gasteiger partial charge in [0.05, 0.1) is 17.9 Å². The van der Waals surface area contributed by atoms with Gasteiger partial charge in [0.15, 0.2) is 6.61 Å². The van der Waals surface area contributed by atoms with E-state index in [4.69, 9.17) is 44.1 Å². The van der Waals surface area contributed by atoms with Gasteiger partial charge in [-0.15, -0.1) is 0 Å². The molecule has 1 N–H and O–H groups in total. The van der Waals surface area contributed by atoms with Crippen molar-refractivity contribution in [3.8, 4) is 0 Å². The van der Waals surface area contributed by atoms with Gasteiger partial charge in [0.1, 0.15) is 5.15 Å². The number of hydrogen-bond acceptors (Lipinski definition) is 6. The van der Waals surface area contributed by atoms with Gasteiger partial charge in [0, 0.05) is 27.8 Å². The number of anilines is 1. The molecule has 0 aliphatic rings. The van der Waals surface area contributed by atoms with Crippen molar-refractivity contribution in [2.24, 2.45) is 0 Å². The number of aromatic nitrogens is 3. The number of aryl methyl sites for hydroxylation is 2. The molecule has 3 rings (SSSR count). The lowest BCUT2D eigenvalue weighted by molar-refractivity contribution is -0.142. The molecule has 0 spiro atoms. The topological polar surface area (TPSA) is 99.2 Å². The molecular formula is C20H17Cl3N4O4. The molecule has 0 bridgehead atoms. The van der Waals surface area contributed by atoms with E-state index in [1.807, 2.05) is 0 Å². The van der Waals surface area contributed by atoms with Crippen LogP contribution in [0.2, 0.25) is 15.2 Å². The largest absolute Gasteiger partial charge is 0.452 e. The normalized spacial score (nSPS) is 11.1. The molecule has 3 aromatic rings. The molecule has 31 heavy (non-hydrogen) atoms. The fourth-order valence-electron chi connectivity index (χ4n) is 2.60. The maximum absolute atomic E-state index is 11.9. The smallest absolute Gasteiger partial charge is 0.331 e. The maximum Gasteiger partial charge on any atom is 0.331 e. The fraction of sp³-hybridized carbons (Fsp3) is 0.200. The Labute approximate surface area is 192 Å². The first kappa shape index (κ1) is 22.9. The minimum Gasteiger partial charge on any atom is -0.452 e.